The average molecular weight is 903 g/mol. The molecule has 0 aliphatic heterocycles. The van der Waals surface area contributed by atoms with Crippen molar-refractivity contribution in [3.63, 3.8) is 0 Å². The number of allylic oxidation sites excluding steroid dienone is 4. The first-order valence-electron chi connectivity index (χ1n) is 28.6. The quantitative estimate of drug-likeness (QED) is 0.0321. The Labute approximate surface area is 399 Å². The van der Waals surface area contributed by atoms with Gasteiger partial charge in [-0.1, -0.05) is 263 Å². The summed E-state index contributed by atoms with van der Waals surface area (Å²) in [6, 6.07) is -0.697. The summed E-state index contributed by atoms with van der Waals surface area (Å²) in [7, 11) is 0. The molecule has 0 heterocycles. The molecule has 6 nitrogen and oxygen atoms in total. The normalized spacial score (nSPS) is 13.3. The highest BCUT2D eigenvalue weighted by atomic mass is 16.5. The van der Waals surface area contributed by atoms with Crippen LogP contribution in [0.25, 0.3) is 0 Å². The van der Waals surface area contributed by atoms with Crippen molar-refractivity contribution in [2.45, 2.75) is 328 Å². The molecule has 3 N–H and O–H groups in total. The highest BCUT2D eigenvalue weighted by molar-refractivity contribution is 5.77. The van der Waals surface area contributed by atoms with Crippen LogP contribution in [-0.4, -0.2) is 46.9 Å². The first-order valence-corrected chi connectivity index (χ1v) is 28.6. The molecule has 0 aromatic heterocycles. The molecule has 0 saturated carbocycles. The summed E-state index contributed by atoms with van der Waals surface area (Å²) < 4.78 is 5.95. The van der Waals surface area contributed by atoms with E-state index in [9.17, 15) is 19.8 Å². The maximum Gasteiger partial charge on any atom is 0.306 e. The second-order valence-electron chi connectivity index (χ2n) is 19.7. The Hall–Kier alpha value is -1.66. The SMILES string of the molecule is CCCCC/C=C\C/C=C\CCCCCCCCCCCC(=O)OC(CCCCCCCCCCCCC)CC(=O)NC(CO)C(O)CCCCCCCCCCCCCCCCC. The molecule has 0 aromatic carbocycles. The molecule has 0 fully saturated rings. The largest absolute Gasteiger partial charge is 0.462 e. The average Bonchev–Trinajstić information content (AvgIpc) is 3.29. The highest BCUT2D eigenvalue weighted by Crippen LogP contribution is 2.19. The second-order valence-corrected chi connectivity index (χ2v) is 19.7. The number of hydrogen-bond acceptors (Lipinski definition) is 5. The van der Waals surface area contributed by atoms with E-state index in [4.69, 9.17) is 4.74 Å². The molecule has 0 aliphatic carbocycles. The minimum Gasteiger partial charge on any atom is -0.462 e. The van der Waals surface area contributed by atoms with Gasteiger partial charge >= 0.3 is 5.97 Å². The number of ether oxygens (including phenoxy) is 1. The first kappa shape index (κ1) is 62.3. The number of unbranched alkanes of at least 4 members (excludes halogenated alkanes) is 36. The number of hydrogen-bond donors (Lipinski definition) is 3. The number of amides is 1. The summed E-state index contributed by atoms with van der Waals surface area (Å²) in [6.45, 7) is 6.49. The van der Waals surface area contributed by atoms with E-state index in [1.807, 2.05) is 0 Å². The molecule has 0 aliphatic rings. The number of esters is 1. The van der Waals surface area contributed by atoms with Gasteiger partial charge in [-0.25, -0.2) is 0 Å². The fourth-order valence-electron chi connectivity index (χ4n) is 8.93. The standard InChI is InChI=1S/C58H111NO5/c1-4-7-10-13-16-19-22-24-26-27-28-29-31-33-36-39-42-45-48-51-58(63)64-54(49-46-43-40-37-34-21-18-15-12-9-6-3)52-57(62)59-55(53-60)56(61)50-47-44-41-38-35-32-30-25-23-20-17-14-11-8-5-2/h16,19,24,26,54-56,60-61H,4-15,17-18,20-23,25,27-53H2,1-3H3,(H,59,62)/b19-16-,26-24-. The zero-order valence-electron chi connectivity index (χ0n) is 43.2. The fourth-order valence-corrected chi connectivity index (χ4v) is 8.93. The van der Waals surface area contributed by atoms with Gasteiger partial charge in [0.1, 0.15) is 6.10 Å². The van der Waals surface area contributed by atoms with E-state index in [1.165, 1.54) is 212 Å². The highest BCUT2D eigenvalue weighted by Gasteiger charge is 2.24. The predicted octanol–water partition coefficient (Wildman–Crippen LogP) is 17.5. The van der Waals surface area contributed by atoms with Gasteiger partial charge in [0.2, 0.25) is 5.91 Å². The van der Waals surface area contributed by atoms with Gasteiger partial charge in [0.25, 0.3) is 0 Å². The molecule has 0 bridgehead atoms. The van der Waals surface area contributed by atoms with Crippen LogP contribution in [0.4, 0.5) is 0 Å². The molecule has 3 atom stereocenters. The van der Waals surface area contributed by atoms with E-state index in [2.05, 4.69) is 50.4 Å². The molecule has 64 heavy (non-hydrogen) atoms. The van der Waals surface area contributed by atoms with Crippen molar-refractivity contribution in [3.8, 4) is 0 Å². The van der Waals surface area contributed by atoms with Gasteiger partial charge in [-0.2, -0.15) is 0 Å². The Morgan fingerprint density at radius 2 is 0.797 bits per heavy atom. The molecule has 0 spiro atoms. The van der Waals surface area contributed by atoms with E-state index >= 15 is 0 Å². The number of aliphatic hydroxyl groups excluding tert-OH is 2. The summed E-state index contributed by atoms with van der Waals surface area (Å²) in [5.74, 6) is -0.460. The van der Waals surface area contributed by atoms with Gasteiger partial charge in [0.15, 0.2) is 0 Å². The monoisotopic (exact) mass is 902 g/mol. The number of carbonyl (C=O) groups excluding carboxylic acids is 2. The lowest BCUT2D eigenvalue weighted by atomic mass is 10.0. The van der Waals surface area contributed by atoms with Crippen molar-refractivity contribution < 1.29 is 24.5 Å². The number of aliphatic hydroxyl groups is 2. The van der Waals surface area contributed by atoms with Crippen molar-refractivity contribution in [3.05, 3.63) is 24.3 Å². The number of rotatable bonds is 52. The molecule has 3 unspecified atom stereocenters. The molecule has 378 valence electrons. The van der Waals surface area contributed by atoms with Crippen molar-refractivity contribution >= 4 is 11.9 Å². The van der Waals surface area contributed by atoms with Crippen molar-refractivity contribution in [1.29, 1.82) is 0 Å². The van der Waals surface area contributed by atoms with Gasteiger partial charge in [0, 0.05) is 6.42 Å². The van der Waals surface area contributed by atoms with Crippen LogP contribution in [0.2, 0.25) is 0 Å². The molecular weight excluding hydrogens is 791 g/mol. The molecule has 0 rings (SSSR count). The van der Waals surface area contributed by atoms with E-state index in [0.717, 1.165) is 51.4 Å². The van der Waals surface area contributed by atoms with E-state index in [1.54, 1.807) is 0 Å². The second kappa shape index (κ2) is 52.3. The lowest BCUT2D eigenvalue weighted by Gasteiger charge is -2.24. The molecule has 6 heteroatoms. The van der Waals surface area contributed by atoms with Crippen molar-refractivity contribution in [1.82, 2.24) is 5.32 Å². The Bertz CT molecular complexity index is 1010. The van der Waals surface area contributed by atoms with Crippen LogP contribution in [0.5, 0.6) is 0 Å². The summed E-state index contributed by atoms with van der Waals surface area (Å²) in [5, 5.41) is 23.9. The minimum atomic E-state index is -0.784. The Balaban J connectivity index is 4.43. The topological polar surface area (TPSA) is 95.9 Å². The Morgan fingerprint density at radius 1 is 0.453 bits per heavy atom. The smallest absolute Gasteiger partial charge is 0.306 e. The maximum absolute atomic E-state index is 13.2. The summed E-state index contributed by atoms with van der Waals surface area (Å²) >= 11 is 0. The Kier molecular flexibility index (Phi) is 51.0. The van der Waals surface area contributed by atoms with Gasteiger partial charge in [-0.05, 0) is 57.8 Å². The lowest BCUT2D eigenvalue weighted by molar-refractivity contribution is -0.151. The third kappa shape index (κ3) is 46.9. The molecule has 0 aromatic rings. The zero-order valence-corrected chi connectivity index (χ0v) is 43.2. The number of nitrogens with one attached hydrogen (secondary N) is 1. The van der Waals surface area contributed by atoms with Gasteiger partial charge in [-0.3, -0.25) is 9.59 Å². The van der Waals surface area contributed by atoms with Crippen LogP contribution in [0, 0.1) is 0 Å². The van der Waals surface area contributed by atoms with Crippen LogP contribution in [0.15, 0.2) is 24.3 Å². The molecule has 0 saturated heterocycles. The summed E-state index contributed by atoms with van der Waals surface area (Å²) in [6.07, 6.45) is 61.0. The lowest BCUT2D eigenvalue weighted by Crippen LogP contribution is -2.46. The number of carbonyl (C=O) groups is 2. The van der Waals surface area contributed by atoms with Crippen LogP contribution in [0.3, 0.4) is 0 Å². The van der Waals surface area contributed by atoms with Gasteiger partial charge in [0.05, 0.1) is 25.2 Å². The minimum absolute atomic E-state index is 0.0818. The van der Waals surface area contributed by atoms with Crippen molar-refractivity contribution in [2.24, 2.45) is 0 Å². The van der Waals surface area contributed by atoms with E-state index in [-0.39, 0.29) is 24.9 Å². The first-order chi connectivity index (χ1) is 31.5. The third-order valence-electron chi connectivity index (χ3n) is 13.3. The van der Waals surface area contributed by atoms with Gasteiger partial charge < -0.3 is 20.3 Å². The zero-order chi connectivity index (χ0) is 46.7. The van der Waals surface area contributed by atoms with Crippen LogP contribution < -0.4 is 5.32 Å². The van der Waals surface area contributed by atoms with Crippen LogP contribution in [-0.2, 0) is 14.3 Å². The fraction of sp³-hybridized carbons (Fsp3) is 0.897. The Morgan fingerprint density at radius 3 is 1.22 bits per heavy atom. The van der Waals surface area contributed by atoms with Crippen LogP contribution >= 0.6 is 0 Å². The molecule has 0 radical (unpaired) electrons. The van der Waals surface area contributed by atoms with Crippen molar-refractivity contribution in [2.75, 3.05) is 6.61 Å². The van der Waals surface area contributed by atoms with E-state index < -0.39 is 18.2 Å². The van der Waals surface area contributed by atoms with Gasteiger partial charge in [-0.15, -0.1) is 0 Å². The summed E-state index contributed by atoms with van der Waals surface area (Å²) in [4.78, 5) is 26.2. The maximum atomic E-state index is 13.2. The molecule has 1 amide bonds. The van der Waals surface area contributed by atoms with E-state index in [0.29, 0.717) is 19.3 Å². The summed E-state index contributed by atoms with van der Waals surface area (Å²) in [5.41, 5.74) is 0. The molecular formula is C58H111NO5. The third-order valence-corrected chi connectivity index (χ3v) is 13.3. The predicted molar refractivity (Wildman–Crippen MR) is 278 cm³/mol. The van der Waals surface area contributed by atoms with Crippen LogP contribution in [0.1, 0.15) is 310 Å².